The first-order chi connectivity index (χ1) is 4.23. The van der Waals surface area contributed by atoms with Crippen LogP contribution in [0.1, 0.15) is 7.43 Å². The monoisotopic (exact) mass is 177 g/mol. The average molecular weight is 177 g/mol. The lowest BCUT2D eigenvalue weighted by atomic mass is 11.0. The van der Waals surface area contributed by atoms with Gasteiger partial charge in [-0.3, -0.25) is 4.98 Å². The van der Waals surface area contributed by atoms with E-state index in [1.165, 1.54) is 0 Å². The molecule has 3 nitrogen and oxygen atoms in total. The van der Waals surface area contributed by atoms with Crippen LogP contribution in [0.5, 0.6) is 0 Å². The Labute approximate surface area is 70.1 Å². The van der Waals surface area contributed by atoms with Gasteiger partial charge in [-0.15, -0.1) is 11.3 Å². The highest BCUT2D eigenvalue weighted by atomic mass is 32.1. The second kappa shape index (κ2) is 8.32. The lowest BCUT2D eigenvalue weighted by Crippen LogP contribution is -2.18. The maximum Gasteiger partial charge on any atom is 0.160 e. The molecule has 10 heavy (non-hydrogen) atoms. The fourth-order valence-corrected chi connectivity index (χ4v) is 0.527. The first kappa shape index (κ1) is 12.0. The van der Waals surface area contributed by atoms with Gasteiger partial charge in [0.1, 0.15) is 0 Å². The molecule has 0 atom stereocenters. The van der Waals surface area contributed by atoms with Crippen LogP contribution in [0.4, 0.5) is 0 Å². The van der Waals surface area contributed by atoms with Crippen molar-refractivity contribution in [3.8, 4) is 0 Å². The first-order valence-corrected chi connectivity index (χ1v) is 3.45. The molecule has 1 aromatic heterocycles. The quantitative estimate of drug-likeness (QED) is 0.579. The predicted octanol–water partition coefficient (Wildman–Crippen LogP) is 0.968. The Hall–Kier alpha value is -0.680. The molecule has 0 unspecified atom stereocenters. The number of nitrogens with two attached hydrogens (primary N) is 2. The van der Waals surface area contributed by atoms with Gasteiger partial charge in [-0.1, -0.05) is 7.43 Å². The van der Waals surface area contributed by atoms with Crippen molar-refractivity contribution < 1.29 is 0 Å². The van der Waals surface area contributed by atoms with Gasteiger partial charge in [-0.2, -0.15) is 0 Å². The standard InChI is InChI=1S/C3H3NS.CH4N2S.CH4/c1-2-5-3-4-1;2-1(3)4;/h1-3H;(H4,2,3,4);1H4. The van der Waals surface area contributed by atoms with Crippen molar-refractivity contribution in [2.75, 3.05) is 0 Å². The van der Waals surface area contributed by atoms with Crippen LogP contribution < -0.4 is 11.5 Å². The largest absolute Gasteiger partial charge is 0.377 e. The first-order valence-electron chi connectivity index (χ1n) is 2.10. The van der Waals surface area contributed by atoms with Crippen molar-refractivity contribution in [1.29, 1.82) is 0 Å². The Morgan fingerprint density at radius 3 is 2.10 bits per heavy atom. The van der Waals surface area contributed by atoms with Crippen LogP contribution in [0.3, 0.4) is 0 Å². The number of hydrogen-bond donors (Lipinski definition) is 2. The van der Waals surface area contributed by atoms with E-state index in [0.717, 1.165) is 0 Å². The minimum atomic E-state index is 0. The van der Waals surface area contributed by atoms with Crippen molar-refractivity contribution >= 4 is 28.7 Å². The van der Waals surface area contributed by atoms with Crippen LogP contribution >= 0.6 is 23.6 Å². The number of hydrogen-bond acceptors (Lipinski definition) is 3. The van der Waals surface area contributed by atoms with E-state index in [1.54, 1.807) is 23.0 Å². The molecule has 4 N–H and O–H groups in total. The van der Waals surface area contributed by atoms with Crippen molar-refractivity contribution in [3.63, 3.8) is 0 Å². The highest BCUT2D eigenvalue weighted by molar-refractivity contribution is 7.80. The van der Waals surface area contributed by atoms with Crippen molar-refractivity contribution in [1.82, 2.24) is 4.98 Å². The molecule has 58 valence electrons. The molecule has 1 heterocycles. The number of rotatable bonds is 0. The van der Waals surface area contributed by atoms with E-state index >= 15 is 0 Å². The molecule has 0 saturated carbocycles. The summed E-state index contributed by atoms with van der Waals surface area (Å²) in [6, 6.07) is 0. The molecule has 0 aliphatic carbocycles. The van der Waals surface area contributed by atoms with E-state index in [0.29, 0.717) is 0 Å². The van der Waals surface area contributed by atoms with E-state index in [-0.39, 0.29) is 12.5 Å². The summed E-state index contributed by atoms with van der Waals surface area (Å²) in [5.41, 5.74) is 11.0. The highest BCUT2D eigenvalue weighted by Crippen LogP contribution is 1.85. The van der Waals surface area contributed by atoms with Gasteiger partial charge in [0, 0.05) is 11.6 Å². The third-order valence-electron chi connectivity index (χ3n) is 0.347. The third kappa shape index (κ3) is 15.7. The van der Waals surface area contributed by atoms with Crippen LogP contribution in [0, 0.1) is 0 Å². The molecule has 0 bridgehead atoms. The molecule has 0 amide bonds. The van der Waals surface area contributed by atoms with Crippen LogP contribution in [0.25, 0.3) is 0 Å². The second-order valence-electron chi connectivity index (χ2n) is 1.08. The lowest BCUT2D eigenvalue weighted by Gasteiger charge is -1.68. The van der Waals surface area contributed by atoms with E-state index in [9.17, 15) is 0 Å². The second-order valence-corrected chi connectivity index (χ2v) is 2.30. The summed E-state index contributed by atoms with van der Waals surface area (Å²) < 4.78 is 0. The van der Waals surface area contributed by atoms with E-state index in [4.69, 9.17) is 0 Å². The minimum absolute atomic E-state index is 0. The molecule has 5 heteroatoms. The summed E-state index contributed by atoms with van der Waals surface area (Å²) in [5, 5.41) is 1.93. The molecular weight excluding hydrogens is 166 g/mol. The van der Waals surface area contributed by atoms with Gasteiger partial charge in [-0.05, 0) is 12.2 Å². The number of aromatic nitrogens is 1. The Balaban J connectivity index is 0. The zero-order valence-corrected chi connectivity index (χ0v) is 6.28. The molecule has 1 rings (SSSR count). The highest BCUT2D eigenvalue weighted by Gasteiger charge is 1.59. The van der Waals surface area contributed by atoms with Gasteiger partial charge < -0.3 is 11.5 Å². The molecule has 0 saturated heterocycles. The van der Waals surface area contributed by atoms with Gasteiger partial charge in [-0.25, -0.2) is 0 Å². The predicted molar refractivity (Wildman–Crippen MR) is 49.8 cm³/mol. The smallest absolute Gasteiger partial charge is 0.160 e. The maximum absolute atomic E-state index is 4.62. The zero-order chi connectivity index (χ0) is 7.11. The Morgan fingerprint density at radius 2 is 2.00 bits per heavy atom. The number of thiazole rings is 1. The van der Waals surface area contributed by atoms with Gasteiger partial charge >= 0.3 is 0 Å². The molecule has 0 radical (unpaired) electrons. The summed E-state index contributed by atoms with van der Waals surface area (Å²) >= 11 is 5.69. The Kier molecular flexibility index (Phi) is 10.0. The summed E-state index contributed by atoms with van der Waals surface area (Å²) in [5.74, 6) is 0. The van der Waals surface area contributed by atoms with Crippen LogP contribution in [-0.2, 0) is 0 Å². The van der Waals surface area contributed by atoms with Gasteiger partial charge in [0.25, 0.3) is 0 Å². The van der Waals surface area contributed by atoms with Crippen molar-refractivity contribution in [2.45, 2.75) is 7.43 Å². The summed E-state index contributed by atoms with van der Waals surface area (Å²) in [7, 11) is 0. The fourth-order valence-electron chi connectivity index (χ4n) is 0.176. The zero-order valence-electron chi connectivity index (χ0n) is 4.65. The van der Waals surface area contributed by atoms with Crippen molar-refractivity contribution in [3.05, 3.63) is 17.1 Å². The molecular formula is C5H11N3S2. The van der Waals surface area contributed by atoms with Gasteiger partial charge in [0.2, 0.25) is 0 Å². The maximum atomic E-state index is 4.62. The molecule has 0 spiro atoms. The number of thiocarbonyl (C=S) groups is 1. The third-order valence-corrected chi connectivity index (χ3v) is 0.869. The lowest BCUT2D eigenvalue weighted by molar-refractivity contribution is 1.43. The van der Waals surface area contributed by atoms with Crippen LogP contribution in [0.2, 0.25) is 0 Å². The van der Waals surface area contributed by atoms with E-state index in [1.807, 2.05) is 5.38 Å². The molecule has 0 aliphatic rings. The normalized spacial score (nSPS) is 6.40. The average Bonchev–Trinajstić information content (AvgIpc) is 2.11. The molecule has 0 fully saturated rings. The Morgan fingerprint density at radius 1 is 1.50 bits per heavy atom. The molecule has 0 aliphatic heterocycles. The fraction of sp³-hybridized carbons (Fsp3) is 0.200. The SMILES string of the molecule is C.NC(N)=S.c1cscn1. The van der Waals surface area contributed by atoms with E-state index < -0.39 is 0 Å². The minimum Gasteiger partial charge on any atom is -0.377 e. The summed E-state index contributed by atoms with van der Waals surface area (Å²) in [6.45, 7) is 0. The topological polar surface area (TPSA) is 64.9 Å². The Bertz CT molecular complexity index is 129. The van der Waals surface area contributed by atoms with E-state index in [2.05, 4.69) is 28.7 Å². The van der Waals surface area contributed by atoms with Crippen LogP contribution in [0.15, 0.2) is 17.1 Å². The molecule has 0 aromatic carbocycles. The summed E-state index contributed by atoms with van der Waals surface area (Å²) in [4.78, 5) is 3.74. The molecule has 1 aromatic rings. The number of nitrogens with zero attached hydrogens (tertiary/aromatic N) is 1. The van der Waals surface area contributed by atoms with Gasteiger partial charge in [0.15, 0.2) is 5.11 Å². The van der Waals surface area contributed by atoms with Crippen LogP contribution in [-0.4, -0.2) is 10.1 Å². The van der Waals surface area contributed by atoms with Gasteiger partial charge in [0.05, 0.1) is 5.51 Å². The summed E-state index contributed by atoms with van der Waals surface area (Å²) in [6.07, 6.45) is 1.77. The van der Waals surface area contributed by atoms with Crippen molar-refractivity contribution in [2.24, 2.45) is 11.5 Å².